The highest BCUT2D eigenvalue weighted by atomic mass is 32.2. The van der Waals surface area contributed by atoms with E-state index in [0.29, 0.717) is 19.5 Å². The Kier molecular flexibility index (Phi) is 4.96. The van der Waals surface area contributed by atoms with Crippen molar-refractivity contribution in [2.75, 3.05) is 19.3 Å². The van der Waals surface area contributed by atoms with E-state index in [4.69, 9.17) is 4.98 Å². The number of aromatic nitrogens is 1. The minimum Gasteiger partial charge on any atom is -0.257 e. The molecule has 0 unspecified atom stereocenters. The topological polar surface area (TPSA) is 50.3 Å². The molecule has 0 amide bonds. The highest BCUT2D eigenvalue weighted by molar-refractivity contribution is 7.88. The van der Waals surface area contributed by atoms with E-state index in [0.717, 1.165) is 29.8 Å². The average Bonchev–Trinajstić information content (AvgIpc) is 2.57. The van der Waals surface area contributed by atoms with Gasteiger partial charge in [-0.15, -0.1) is 0 Å². The van der Waals surface area contributed by atoms with Gasteiger partial charge in [-0.1, -0.05) is 18.2 Å². The van der Waals surface area contributed by atoms with Gasteiger partial charge in [0.15, 0.2) is 0 Å². The fourth-order valence-corrected chi connectivity index (χ4v) is 4.03. The van der Waals surface area contributed by atoms with Gasteiger partial charge in [0.1, 0.15) is 5.82 Å². The molecule has 1 aliphatic rings. The zero-order chi connectivity index (χ0) is 17.2. The van der Waals surface area contributed by atoms with E-state index in [1.165, 1.54) is 22.7 Å². The van der Waals surface area contributed by atoms with Crippen LogP contribution in [0.3, 0.4) is 0 Å². The molecule has 1 fully saturated rings. The molecule has 1 atom stereocenters. The van der Waals surface area contributed by atoms with Gasteiger partial charge >= 0.3 is 0 Å². The van der Waals surface area contributed by atoms with Crippen LogP contribution in [0.5, 0.6) is 0 Å². The van der Waals surface area contributed by atoms with Crippen LogP contribution in [0.15, 0.2) is 42.5 Å². The van der Waals surface area contributed by atoms with Crippen molar-refractivity contribution in [2.45, 2.75) is 25.2 Å². The maximum atomic E-state index is 13.0. The first-order valence-electron chi connectivity index (χ1n) is 8.07. The van der Waals surface area contributed by atoms with Gasteiger partial charge in [0.05, 0.1) is 6.26 Å². The third kappa shape index (κ3) is 4.19. The number of rotatable bonds is 4. The number of pyridine rings is 1. The Labute approximate surface area is 142 Å². The number of hydrogen-bond acceptors (Lipinski definition) is 3. The van der Waals surface area contributed by atoms with Gasteiger partial charge in [-0.3, -0.25) is 4.98 Å². The van der Waals surface area contributed by atoms with Crippen LogP contribution >= 0.6 is 0 Å². The summed E-state index contributed by atoms with van der Waals surface area (Å²) in [5.41, 5.74) is 2.85. The van der Waals surface area contributed by atoms with Crippen LogP contribution in [-0.4, -0.2) is 37.1 Å². The Hall–Kier alpha value is -1.79. The van der Waals surface area contributed by atoms with E-state index in [1.807, 2.05) is 18.2 Å². The van der Waals surface area contributed by atoms with Gasteiger partial charge in [-0.25, -0.2) is 17.1 Å². The van der Waals surface area contributed by atoms with Crippen molar-refractivity contribution < 1.29 is 12.8 Å². The number of benzene rings is 1. The maximum absolute atomic E-state index is 13.0. The van der Waals surface area contributed by atoms with Crippen molar-refractivity contribution in [3.63, 3.8) is 0 Å². The third-order valence-corrected chi connectivity index (χ3v) is 5.67. The average molecular weight is 348 g/mol. The fourth-order valence-electron chi connectivity index (χ4n) is 3.12. The normalized spacial score (nSPS) is 19.3. The number of hydrogen-bond donors (Lipinski definition) is 0. The van der Waals surface area contributed by atoms with Crippen LogP contribution in [0.4, 0.5) is 4.39 Å². The van der Waals surface area contributed by atoms with E-state index in [-0.39, 0.29) is 11.7 Å². The predicted molar refractivity (Wildman–Crippen MR) is 91.8 cm³/mol. The second-order valence-corrected chi connectivity index (χ2v) is 8.30. The zero-order valence-electron chi connectivity index (χ0n) is 13.7. The van der Waals surface area contributed by atoms with Crippen LogP contribution in [0.25, 0.3) is 0 Å². The summed E-state index contributed by atoms with van der Waals surface area (Å²) in [4.78, 5) is 4.72. The standard InChI is InChI=1S/C18H21FN2O2S/c1-24(22,23)21-11-3-4-15(13-21)18-6-2-5-17(20-18)12-14-7-9-16(19)10-8-14/h2,5-10,15H,3-4,11-13H2,1H3/t15-/m0/s1. The first-order valence-corrected chi connectivity index (χ1v) is 9.92. The summed E-state index contributed by atoms with van der Waals surface area (Å²) >= 11 is 0. The first-order chi connectivity index (χ1) is 11.4. The summed E-state index contributed by atoms with van der Waals surface area (Å²) in [7, 11) is -3.16. The summed E-state index contributed by atoms with van der Waals surface area (Å²) in [6.45, 7) is 1.08. The summed E-state index contributed by atoms with van der Waals surface area (Å²) in [6, 6.07) is 12.3. The third-order valence-electron chi connectivity index (χ3n) is 4.40. The number of nitrogens with zero attached hydrogens (tertiary/aromatic N) is 2. The molecule has 2 heterocycles. The van der Waals surface area contributed by atoms with E-state index in [1.54, 1.807) is 12.1 Å². The summed E-state index contributed by atoms with van der Waals surface area (Å²) < 4.78 is 38.1. The van der Waals surface area contributed by atoms with E-state index < -0.39 is 10.0 Å². The van der Waals surface area contributed by atoms with Crippen LogP contribution in [0.1, 0.15) is 35.7 Å². The van der Waals surface area contributed by atoms with Crippen LogP contribution in [0.2, 0.25) is 0 Å². The molecule has 0 aliphatic carbocycles. The first kappa shape index (κ1) is 17.0. The Morgan fingerprint density at radius 3 is 2.67 bits per heavy atom. The number of sulfonamides is 1. The molecule has 4 nitrogen and oxygen atoms in total. The molecule has 1 aromatic carbocycles. The van der Waals surface area contributed by atoms with E-state index in [2.05, 4.69) is 0 Å². The molecule has 6 heteroatoms. The molecule has 1 saturated heterocycles. The molecule has 3 rings (SSSR count). The van der Waals surface area contributed by atoms with Gasteiger partial charge in [-0.05, 0) is 42.7 Å². The van der Waals surface area contributed by atoms with Gasteiger partial charge in [0, 0.05) is 36.8 Å². The molecular formula is C18H21FN2O2S. The Balaban J connectivity index is 1.76. The van der Waals surface area contributed by atoms with Crippen molar-refractivity contribution in [1.82, 2.24) is 9.29 Å². The fraction of sp³-hybridized carbons (Fsp3) is 0.389. The molecule has 0 bridgehead atoms. The van der Waals surface area contributed by atoms with Crippen molar-refractivity contribution in [3.05, 3.63) is 65.2 Å². The summed E-state index contributed by atoms with van der Waals surface area (Å²) in [5, 5.41) is 0. The number of piperidine rings is 1. The van der Waals surface area contributed by atoms with Gasteiger partial charge in [0.25, 0.3) is 0 Å². The van der Waals surface area contributed by atoms with Crippen LogP contribution in [0, 0.1) is 5.82 Å². The molecule has 0 radical (unpaired) electrons. The molecule has 0 N–H and O–H groups in total. The molecular weight excluding hydrogens is 327 g/mol. The summed E-state index contributed by atoms with van der Waals surface area (Å²) in [5.74, 6) is -0.120. The highest BCUT2D eigenvalue weighted by Crippen LogP contribution is 2.27. The monoisotopic (exact) mass is 348 g/mol. The van der Waals surface area contributed by atoms with Crippen LogP contribution in [-0.2, 0) is 16.4 Å². The lowest BCUT2D eigenvalue weighted by Gasteiger charge is -2.30. The van der Waals surface area contributed by atoms with Crippen molar-refractivity contribution in [2.24, 2.45) is 0 Å². The van der Waals surface area contributed by atoms with E-state index >= 15 is 0 Å². The lowest BCUT2D eigenvalue weighted by Crippen LogP contribution is -2.38. The second-order valence-electron chi connectivity index (χ2n) is 6.32. The SMILES string of the molecule is CS(=O)(=O)N1CCC[C@H](c2cccc(Cc3ccc(F)cc3)n2)C1. The highest BCUT2D eigenvalue weighted by Gasteiger charge is 2.27. The predicted octanol–water partition coefficient (Wildman–Crippen LogP) is 2.95. The van der Waals surface area contributed by atoms with E-state index in [9.17, 15) is 12.8 Å². The zero-order valence-corrected chi connectivity index (χ0v) is 14.5. The molecule has 2 aromatic rings. The lowest BCUT2D eigenvalue weighted by molar-refractivity contribution is 0.314. The minimum atomic E-state index is -3.16. The Morgan fingerprint density at radius 1 is 1.21 bits per heavy atom. The molecule has 0 spiro atoms. The smallest absolute Gasteiger partial charge is 0.211 e. The van der Waals surface area contributed by atoms with Crippen LogP contribution < -0.4 is 0 Å². The molecule has 1 aliphatic heterocycles. The van der Waals surface area contributed by atoms with Crippen molar-refractivity contribution >= 4 is 10.0 Å². The molecule has 24 heavy (non-hydrogen) atoms. The second kappa shape index (κ2) is 6.99. The molecule has 1 aromatic heterocycles. The quantitative estimate of drug-likeness (QED) is 0.854. The lowest BCUT2D eigenvalue weighted by atomic mass is 9.95. The largest absolute Gasteiger partial charge is 0.257 e. The minimum absolute atomic E-state index is 0.127. The maximum Gasteiger partial charge on any atom is 0.211 e. The van der Waals surface area contributed by atoms with Crippen molar-refractivity contribution in [1.29, 1.82) is 0 Å². The Bertz CT molecular complexity index is 806. The van der Waals surface area contributed by atoms with Gasteiger partial charge < -0.3 is 0 Å². The Morgan fingerprint density at radius 2 is 1.96 bits per heavy atom. The molecule has 128 valence electrons. The summed E-state index contributed by atoms with van der Waals surface area (Å²) in [6.07, 6.45) is 3.69. The van der Waals surface area contributed by atoms with Gasteiger partial charge in [0.2, 0.25) is 10.0 Å². The van der Waals surface area contributed by atoms with Crippen molar-refractivity contribution in [3.8, 4) is 0 Å². The molecule has 0 saturated carbocycles. The number of halogens is 1. The van der Waals surface area contributed by atoms with Gasteiger partial charge in [-0.2, -0.15) is 0 Å².